The Morgan fingerprint density at radius 1 is 1.25 bits per heavy atom. The number of aryl methyl sites for hydroxylation is 1. The fourth-order valence-electron chi connectivity index (χ4n) is 4.55. The standard InChI is InChI=1S/C22H26N4O2/c1-25(2)21(28)19-14-26(13-16-8-11-23-12-9-16)15-22(19)10-7-17-5-3-4-6-18(17)20(27)24-22/h3-6,8-9,11-12,19H,7,10,13-15H2,1-2H3,(H,24,27)/t19-,22+/m1/s1. The van der Waals surface area contributed by atoms with Crippen LogP contribution in [-0.4, -0.2) is 59.3 Å². The normalized spacial score (nSPS) is 24.5. The van der Waals surface area contributed by atoms with Gasteiger partial charge < -0.3 is 10.2 Å². The van der Waals surface area contributed by atoms with E-state index in [4.69, 9.17) is 0 Å². The molecule has 1 fully saturated rings. The fourth-order valence-corrected chi connectivity index (χ4v) is 4.55. The van der Waals surface area contributed by atoms with E-state index in [9.17, 15) is 9.59 Å². The minimum atomic E-state index is -0.551. The van der Waals surface area contributed by atoms with Crippen LogP contribution in [0.3, 0.4) is 0 Å². The van der Waals surface area contributed by atoms with Crippen molar-refractivity contribution < 1.29 is 9.59 Å². The molecule has 1 aromatic carbocycles. The van der Waals surface area contributed by atoms with Crippen molar-refractivity contribution in [1.29, 1.82) is 0 Å². The number of nitrogens with one attached hydrogen (secondary N) is 1. The Hall–Kier alpha value is -2.73. The lowest BCUT2D eigenvalue weighted by Gasteiger charge is -2.35. The predicted molar refractivity (Wildman–Crippen MR) is 107 cm³/mol. The zero-order valence-corrected chi connectivity index (χ0v) is 16.4. The molecule has 6 heteroatoms. The highest BCUT2D eigenvalue weighted by atomic mass is 16.2. The molecule has 28 heavy (non-hydrogen) atoms. The second-order valence-electron chi connectivity index (χ2n) is 8.08. The first-order chi connectivity index (χ1) is 13.5. The molecule has 2 aliphatic rings. The molecule has 1 aromatic heterocycles. The van der Waals surface area contributed by atoms with E-state index in [2.05, 4.69) is 15.2 Å². The zero-order valence-electron chi connectivity index (χ0n) is 16.4. The highest BCUT2D eigenvalue weighted by Gasteiger charge is 2.52. The van der Waals surface area contributed by atoms with Crippen molar-refractivity contribution in [3.8, 4) is 0 Å². The summed E-state index contributed by atoms with van der Waals surface area (Å²) in [7, 11) is 3.57. The van der Waals surface area contributed by atoms with Crippen LogP contribution >= 0.6 is 0 Å². The van der Waals surface area contributed by atoms with E-state index in [-0.39, 0.29) is 17.7 Å². The molecule has 6 nitrogen and oxygen atoms in total. The Labute approximate surface area is 165 Å². The molecular formula is C22H26N4O2. The van der Waals surface area contributed by atoms with Crippen LogP contribution in [0.5, 0.6) is 0 Å². The van der Waals surface area contributed by atoms with E-state index in [1.54, 1.807) is 31.4 Å². The summed E-state index contributed by atoms with van der Waals surface area (Å²) in [5.74, 6) is -0.262. The molecular weight excluding hydrogens is 352 g/mol. The van der Waals surface area contributed by atoms with E-state index in [1.807, 2.05) is 36.4 Å². The molecule has 0 radical (unpaired) electrons. The summed E-state index contributed by atoms with van der Waals surface area (Å²) < 4.78 is 0. The minimum absolute atomic E-state index is 0.0727. The molecule has 4 rings (SSSR count). The first-order valence-corrected chi connectivity index (χ1v) is 9.71. The van der Waals surface area contributed by atoms with Gasteiger partial charge in [-0.1, -0.05) is 18.2 Å². The number of pyridine rings is 1. The number of benzene rings is 1. The lowest BCUT2D eigenvalue weighted by Crippen LogP contribution is -2.57. The molecule has 1 spiro atoms. The third kappa shape index (κ3) is 3.40. The van der Waals surface area contributed by atoms with Gasteiger partial charge in [0, 0.05) is 51.7 Å². The summed E-state index contributed by atoms with van der Waals surface area (Å²) in [6.45, 7) is 2.04. The number of aromatic nitrogens is 1. The van der Waals surface area contributed by atoms with Crippen LogP contribution in [0, 0.1) is 5.92 Å². The van der Waals surface area contributed by atoms with Gasteiger partial charge in [-0.3, -0.25) is 19.5 Å². The second kappa shape index (κ2) is 7.36. The molecule has 0 aliphatic carbocycles. The first-order valence-electron chi connectivity index (χ1n) is 9.71. The smallest absolute Gasteiger partial charge is 0.252 e. The quantitative estimate of drug-likeness (QED) is 0.883. The summed E-state index contributed by atoms with van der Waals surface area (Å²) in [4.78, 5) is 34.1. The SMILES string of the molecule is CN(C)C(=O)[C@H]1CN(Cc2ccncc2)C[C@@]12CCc1ccccc1C(=O)N2. The van der Waals surface area contributed by atoms with E-state index in [0.717, 1.165) is 36.1 Å². The van der Waals surface area contributed by atoms with Gasteiger partial charge >= 0.3 is 0 Å². The molecule has 1 saturated heterocycles. The highest BCUT2D eigenvalue weighted by Crippen LogP contribution is 2.36. The second-order valence-corrected chi connectivity index (χ2v) is 8.08. The van der Waals surface area contributed by atoms with Crippen LogP contribution in [0.15, 0.2) is 48.8 Å². The summed E-state index contributed by atoms with van der Waals surface area (Å²) >= 11 is 0. The van der Waals surface area contributed by atoms with Crippen molar-refractivity contribution in [2.75, 3.05) is 27.2 Å². The topological polar surface area (TPSA) is 65.5 Å². The number of fused-ring (bicyclic) bond motifs is 1. The summed E-state index contributed by atoms with van der Waals surface area (Å²) in [5, 5.41) is 3.27. The van der Waals surface area contributed by atoms with Gasteiger partial charge in [0.15, 0.2) is 0 Å². The zero-order chi connectivity index (χ0) is 19.7. The van der Waals surface area contributed by atoms with Gasteiger partial charge in [0.25, 0.3) is 5.91 Å². The number of hydrogen-bond acceptors (Lipinski definition) is 4. The molecule has 2 aromatic rings. The first kappa shape index (κ1) is 18.6. The number of carbonyl (C=O) groups is 2. The monoisotopic (exact) mass is 378 g/mol. The Balaban J connectivity index is 1.64. The number of hydrogen-bond donors (Lipinski definition) is 1. The van der Waals surface area contributed by atoms with Gasteiger partial charge in [-0.05, 0) is 42.2 Å². The maximum Gasteiger partial charge on any atom is 0.252 e. The average molecular weight is 378 g/mol. The minimum Gasteiger partial charge on any atom is -0.348 e. The lowest BCUT2D eigenvalue weighted by molar-refractivity contribution is -0.134. The molecule has 2 aliphatic heterocycles. The van der Waals surface area contributed by atoms with Gasteiger partial charge in [0.05, 0.1) is 11.5 Å². The largest absolute Gasteiger partial charge is 0.348 e. The highest BCUT2D eigenvalue weighted by molar-refractivity contribution is 5.97. The molecule has 0 bridgehead atoms. The average Bonchev–Trinajstić information content (AvgIpc) is 2.96. The summed E-state index contributed by atoms with van der Waals surface area (Å²) in [5.41, 5.74) is 2.39. The van der Waals surface area contributed by atoms with Crippen LogP contribution in [0.2, 0.25) is 0 Å². The van der Waals surface area contributed by atoms with Crippen molar-refractivity contribution in [1.82, 2.24) is 20.1 Å². The van der Waals surface area contributed by atoms with Crippen LogP contribution in [-0.2, 0) is 17.8 Å². The lowest BCUT2D eigenvalue weighted by atomic mass is 9.81. The fraction of sp³-hybridized carbons (Fsp3) is 0.409. The molecule has 2 atom stereocenters. The Bertz CT molecular complexity index is 883. The van der Waals surface area contributed by atoms with Crippen LogP contribution < -0.4 is 5.32 Å². The Morgan fingerprint density at radius 2 is 2.00 bits per heavy atom. The number of rotatable bonds is 3. The van der Waals surface area contributed by atoms with Gasteiger partial charge in [0.1, 0.15) is 0 Å². The van der Waals surface area contributed by atoms with E-state index in [1.165, 1.54) is 0 Å². The molecule has 3 heterocycles. The van der Waals surface area contributed by atoms with Gasteiger partial charge in [0.2, 0.25) is 5.91 Å². The van der Waals surface area contributed by atoms with Crippen molar-refractivity contribution >= 4 is 11.8 Å². The van der Waals surface area contributed by atoms with Crippen molar-refractivity contribution in [3.05, 3.63) is 65.5 Å². The Kier molecular flexibility index (Phi) is 4.89. The molecule has 1 N–H and O–H groups in total. The van der Waals surface area contributed by atoms with E-state index >= 15 is 0 Å². The predicted octanol–water partition coefficient (Wildman–Crippen LogP) is 1.72. The molecule has 0 unspecified atom stereocenters. The third-order valence-corrected chi connectivity index (χ3v) is 5.97. The van der Waals surface area contributed by atoms with E-state index < -0.39 is 5.54 Å². The van der Waals surface area contributed by atoms with Crippen LogP contribution in [0.1, 0.15) is 27.9 Å². The molecule has 146 valence electrons. The van der Waals surface area contributed by atoms with Crippen molar-refractivity contribution in [2.45, 2.75) is 24.9 Å². The van der Waals surface area contributed by atoms with Crippen molar-refractivity contribution in [2.24, 2.45) is 5.92 Å². The third-order valence-electron chi connectivity index (χ3n) is 5.97. The molecule has 0 saturated carbocycles. The number of carbonyl (C=O) groups excluding carboxylic acids is 2. The summed E-state index contributed by atoms with van der Waals surface area (Å²) in [6.07, 6.45) is 5.11. The molecule has 2 amide bonds. The maximum absolute atomic E-state index is 13.0. The van der Waals surface area contributed by atoms with Gasteiger partial charge in [-0.15, -0.1) is 0 Å². The Morgan fingerprint density at radius 3 is 2.75 bits per heavy atom. The number of likely N-dealkylation sites (tertiary alicyclic amines) is 1. The summed E-state index contributed by atoms with van der Waals surface area (Å²) in [6, 6.07) is 11.7. The van der Waals surface area contributed by atoms with Crippen LogP contribution in [0.4, 0.5) is 0 Å². The van der Waals surface area contributed by atoms with Gasteiger partial charge in [-0.2, -0.15) is 0 Å². The maximum atomic E-state index is 13.0. The number of nitrogens with zero attached hydrogens (tertiary/aromatic N) is 3. The van der Waals surface area contributed by atoms with Crippen molar-refractivity contribution in [3.63, 3.8) is 0 Å². The number of amides is 2. The van der Waals surface area contributed by atoms with E-state index in [0.29, 0.717) is 13.1 Å². The van der Waals surface area contributed by atoms with Gasteiger partial charge in [-0.25, -0.2) is 0 Å². The van der Waals surface area contributed by atoms with Crippen LogP contribution in [0.25, 0.3) is 0 Å².